The number of nitrogens with zero attached hydrogens (tertiary/aromatic N) is 2. The van der Waals surface area contributed by atoms with Crippen LogP contribution in [0.3, 0.4) is 0 Å². The third-order valence-corrected chi connectivity index (χ3v) is 11.3. The highest BCUT2D eigenvalue weighted by Gasteiger charge is 2.46. The smallest absolute Gasteiger partial charge is 0.414 e. The summed E-state index contributed by atoms with van der Waals surface area (Å²) < 4.78 is 22.5. The van der Waals surface area contributed by atoms with Gasteiger partial charge < -0.3 is 49.3 Å². The Morgan fingerprint density at radius 3 is 2.32 bits per heavy atom. The summed E-state index contributed by atoms with van der Waals surface area (Å²) in [4.78, 5) is 68.8. The van der Waals surface area contributed by atoms with Crippen LogP contribution in [0.15, 0.2) is 83.7 Å². The number of rotatable bonds is 10. The van der Waals surface area contributed by atoms with Gasteiger partial charge in [0.1, 0.15) is 31.5 Å². The highest BCUT2D eigenvalue weighted by molar-refractivity contribution is 6.00. The van der Waals surface area contributed by atoms with Crippen molar-refractivity contribution in [3.8, 4) is 11.4 Å². The molecular weight excluding hydrogens is 807 g/mol. The zero-order valence-electron chi connectivity index (χ0n) is 33.5. The lowest BCUT2D eigenvalue weighted by atomic mass is 9.86. The molecule has 18 nitrogen and oxygen atoms in total. The number of aliphatic hydroxyl groups excluding tert-OH is 3. The van der Waals surface area contributed by atoms with E-state index in [-0.39, 0.29) is 55.2 Å². The van der Waals surface area contributed by atoms with Gasteiger partial charge in [-0.2, -0.15) is 0 Å². The van der Waals surface area contributed by atoms with Crippen LogP contribution in [0.2, 0.25) is 0 Å². The van der Waals surface area contributed by atoms with Gasteiger partial charge >= 0.3 is 18.2 Å². The number of benzene rings is 3. The van der Waals surface area contributed by atoms with Gasteiger partial charge in [0, 0.05) is 34.3 Å². The number of hydrogen-bond donors (Lipinski definition) is 7. The van der Waals surface area contributed by atoms with Crippen LogP contribution in [0.1, 0.15) is 54.5 Å². The first-order valence-corrected chi connectivity index (χ1v) is 19.9. The molecule has 3 aliphatic rings. The molecule has 6 atom stereocenters. The maximum absolute atomic E-state index is 13.5. The summed E-state index contributed by atoms with van der Waals surface area (Å²) in [6.07, 6.45) is -7.84. The van der Waals surface area contributed by atoms with Crippen molar-refractivity contribution >= 4 is 52.0 Å². The van der Waals surface area contributed by atoms with Crippen LogP contribution in [0, 0.1) is 0 Å². The van der Waals surface area contributed by atoms with E-state index in [1.54, 1.807) is 84.3 Å². The standard InChI is InChI=1S/C44H43N5O13/c1-3-44(58)30-18-33-35-25(19-49(33)39(54)29(30)21-59-41(44)55)17-28-31(47-35)5-4-6-32(28)48-42(56)60-20-24-9-14-26(15-10-24)45-34(50)16-11-23-7-12-27(13-8-23)46-43(57)62-40-38(53)37(52)36(51)22(2)61-40/h4-10,12-15,17-18,22,36-38,40,51-53,58H,3,11,16,19-21H2,1-2H3,(H,45,50)(H,46,57)(H,48,56)/t22?,36?,37?,38?,40?,44-/m0/s1. The van der Waals surface area contributed by atoms with Gasteiger partial charge in [-0.15, -0.1) is 0 Å². The van der Waals surface area contributed by atoms with Crippen LogP contribution >= 0.6 is 0 Å². The number of anilines is 3. The second-order valence-electron chi connectivity index (χ2n) is 15.3. The van der Waals surface area contributed by atoms with Crippen molar-refractivity contribution in [2.24, 2.45) is 0 Å². The summed E-state index contributed by atoms with van der Waals surface area (Å²) in [5.41, 5.74) is 3.31. The summed E-state index contributed by atoms with van der Waals surface area (Å²) in [5, 5.41) is 49.7. The van der Waals surface area contributed by atoms with Crippen LogP contribution in [-0.4, -0.2) is 84.7 Å². The number of aromatic nitrogens is 2. The fraction of sp³-hybridized carbons (Fsp3) is 0.318. The average molecular weight is 850 g/mol. The molecule has 3 aliphatic heterocycles. The van der Waals surface area contributed by atoms with Crippen LogP contribution in [0.25, 0.3) is 22.3 Å². The maximum atomic E-state index is 13.5. The number of aliphatic hydroxyl groups is 4. The lowest BCUT2D eigenvalue weighted by Crippen LogP contribution is -2.57. The number of hydrogen-bond acceptors (Lipinski definition) is 14. The van der Waals surface area contributed by atoms with E-state index in [9.17, 15) is 44.4 Å². The molecule has 1 fully saturated rings. The first-order valence-electron chi connectivity index (χ1n) is 19.9. The van der Waals surface area contributed by atoms with E-state index < -0.39 is 54.5 Å². The summed E-state index contributed by atoms with van der Waals surface area (Å²) in [5.74, 6) is -1.02. The Kier molecular flexibility index (Phi) is 11.5. The van der Waals surface area contributed by atoms with Crippen molar-refractivity contribution < 1.29 is 58.6 Å². The molecule has 5 heterocycles. The van der Waals surface area contributed by atoms with Crippen LogP contribution < -0.4 is 21.5 Å². The first kappa shape index (κ1) is 42.0. The fourth-order valence-corrected chi connectivity index (χ4v) is 7.69. The zero-order valence-corrected chi connectivity index (χ0v) is 33.5. The second kappa shape index (κ2) is 17.0. The number of cyclic esters (lactones) is 1. The summed E-state index contributed by atoms with van der Waals surface area (Å²) in [6, 6.07) is 22.2. The SMILES string of the molecule is CC[C@@]1(O)C(=O)OCc2c1cc1n(c2=O)Cc2cc3c(NC(=O)OCc4ccc(NC(=O)CCc5ccc(NC(=O)OC6OC(C)C(O)C(O)C6O)cc5)cc4)cccc3nc2-1. The van der Waals surface area contributed by atoms with Crippen molar-refractivity contribution in [2.45, 2.75) is 89.2 Å². The van der Waals surface area contributed by atoms with E-state index in [1.807, 2.05) is 6.07 Å². The van der Waals surface area contributed by atoms with Gasteiger partial charge in [-0.05, 0) is 79.4 Å². The third-order valence-electron chi connectivity index (χ3n) is 11.3. The number of pyridine rings is 2. The van der Waals surface area contributed by atoms with Gasteiger partial charge in [0.15, 0.2) is 5.60 Å². The molecule has 0 aliphatic carbocycles. The van der Waals surface area contributed by atoms with Gasteiger partial charge in [0.05, 0.1) is 40.8 Å². The predicted molar refractivity (Wildman–Crippen MR) is 221 cm³/mol. The fourth-order valence-electron chi connectivity index (χ4n) is 7.69. The Morgan fingerprint density at radius 2 is 1.60 bits per heavy atom. The second-order valence-corrected chi connectivity index (χ2v) is 15.3. The number of carbonyl (C=O) groups excluding carboxylic acids is 4. The number of ether oxygens (including phenoxy) is 4. The van der Waals surface area contributed by atoms with E-state index in [2.05, 4.69) is 16.0 Å². The molecule has 2 aromatic heterocycles. The van der Waals surface area contributed by atoms with Gasteiger partial charge in [-0.3, -0.25) is 20.2 Å². The molecule has 18 heteroatoms. The molecule has 1 saturated heterocycles. The van der Waals surface area contributed by atoms with Crippen molar-refractivity contribution in [1.82, 2.24) is 9.55 Å². The predicted octanol–water partition coefficient (Wildman–Crippen LogP) is 3.78. The molecule has 8 rings (SSSR count). The van der Waals surface area contributed by atoms with Crippen LogP contribution in [0.5, 0.6) is 0 Å². The molecule has 5 aromatic rings. The maximum Gasteiger partial charge on any atom is 0.414 e. The normalized spacial score (nSPS) is 22.4. The number of carbonyl (C=O) groups is 4. The van der Waals surface area contributed by atoms with E-state index in [1.165, 1.54) is 6.92 Å². The number of aryl methyl sites for hydroxylation is 1. The first-order chi connectivity index (χ1) is 29.7. The molecule has 62 heavy (non-hydrogen) atoms. The number of amides is 3. The van der Waals surface area contributed by atoms with E-state index >= 15 is 0 Å². The Balaban J connectivity index is 0.812. The Labute approximate surface area is 353 Å². The van der Waals surface area contributed by atoms with Crippen molar-refractivity contribution in [2.75, 3.05) is 16.0 Å². The van der Waals surface area contributed by atoms with Crippen molar-refractivity contribution in [3.05, 3.63) is 117 Å². The lowest BCUT2D eigenvalue weighted by molar-refractivity contribution is -0.275. The summed E-state index contributed by atoms with van der Waals surface area (Å²) >= 11 is 0. The molecule has 3 amide bonds. The number of nitrogens with one attached hydrogen (secondary N) is 3. The van der Waals surface area contributed by atoms with E-state index in [0.717, 1.165) is 11.1 Å². The average Bonchev–Trinajstić information content (AvgIpc) is 3.63. The Bertz CT molecular complexity index is 2630. The highest BCUT2D eigenvalue weighted by atomic mass is 16.7. The Morgan fingerprint density at radius 1 is 0.887 bits per heavy atom. The summed E-state index contributed by atoms with van der Waals surface area (Å²) in [6.45, 7) is 3.04. The van der Waals surface area contributed by atoms with E-state index in [4.69, 9.17) is 23.9 Å². The molecule has 7 N–H and O–H groups in total. The number of esters is 1. The number of fused-ring (bicyclic) bond motifs is 5. The van der Waals surface area contributed by atoms with Gasteiger partial charge in [-0.1, -0.05) is 37.3 Å². The van der Waals surface area contributed by atoms with E-state index in [0.29, 0.717) is 51.3 Å². The zero-order chi connectivity index (χ0) is 43.9. The Hall–Kier alpha value is -6.70. The lowest BCUT2D eigenvalue weighted by Gasteiger charge is -2.38. The third kappa shape index (κ3) is 8.20. The molecular formula is C44H43N5O13. The molecule has 0 saturated carbocycles. The highest BCUT2D eigenvalue weighted by Crippen LogP contribution is 2.39. The minimum absolute atomic E-state index is 0.0354. The largest absolute Gasteiger partial charge is 0.458 e. The van der Waals surface area contributed by atoms with Gasteiger partial charge in [-0.25, -0.2) is 19.4 Å². The topological polar surface area (TPSA) is 257 Å². The monoisotopic (exact) mass is 849 g/mol. The van der Waals surface area contributed by atoms with Crippen molar-refractivity contribution in [3.63, 3.8) is 0 Å². The minimum atomic E-state index is -1.93. The van der Waals surface area contributed by atoms with Gasteiger partial charge in [0.2, 0.25) is 12.2 Å². The quantitative estimate of drug-likeness (QED) is 0.0765. The molecule has 0 bridgehead atoms. The van der Waals surface area contributed by atoms with Crippen LogP contribution in [0.4, 0.5) is 26.7 Å². The molecule has 0 spiro atoms. The summed E-state index contributed by atoms with van der Waals surface area (Å²) in [7, 11) is 0. The minimum Gasteiger partial charge on any atom is -0.458 e. The van der Waals surface area contributed by atoms with Crippen LogP contribution in [-0.2, 0) is 60.3 Å². The van der Waals surface area contributed by atoms with Crippen molar-refractivity contribution in [1.29, 1.82) is 0 Å². The van der Waals surface area contributed by atoms with Gasteiger partial charge in [0.25, 0.3) is 5.56 Å². The molecule has 5 unspecified atom stereocenters. The molecule has 3 aromatic carbocycles. The molecule has 0 radical (unpaired) electrons. The molecule has 322 valence electrons.